The number of benzene rings is 1. The number of rotatable bonds is 6. The van der Waals surface area contributed by atoms with Crippen LogP contribution in [0.1, 0.15) is 51.6 Å². The molecular formula is C20H29NO4. The number of nitrogens with zero attached hydrogens (tertiary/aromatic N) is 1. The van der Waals surface area contributed by atoms with Crippen LogP contribution >= 0.6 is 0 Å². The molecule has 3 atom stereocenters. The van der Waals surface area contributed by atoms with Crippen LogP contribution in [0.25, 0.3) is 0 Å². The molecule has 1 N–H and O–H groups in total. The molecule has 1 aliphatic rings. The number of carbonyl (C=O) groups excluding carboxylic acids is 1. The van der Waals surface area contributed by atoms with E-state index in [1.807, 2.05) is 57.2 Å². The first-order chi connectivity index (χ1) is 11.8. The lowest BCUT2D eigenvalue weighted by Gasteiger charge is -2.33. The van der Waals surface area contributed by atoms with Gasteiger partial charge in [-0.1, -0.05) is 36.4 Å². The van der Waals surface area contributed by atoms with Gasteiger partial charge < -0.3 is 14.6 Å². The Hall–Kier alpha value is -1.85. The minimum atomic E-state index is -0.763. The molecule has 5 heteroatoms. The normalized spacial score (nSPS) is 21.8. The molecule has 1 aromatic carbocycles. The van der Waals surface area contributed by atoms with Gasteiger partial charge in [-0.25, -0.2) is 4.79 Å². The minimum absolute atomic E-state index is 0.268. The molecule has 0 saturated carbocycles. The molecule has 0 spiro atoms. The topological polar surface area (TPSA) is 59.0 Å². The van der Waals surface area contributed by atoms with Gasteiger partial charge in [0, 0.05) is 0 Å². The van der Waals surface area contributed by atoms with Gasteiger partial charge in [0.2, 0.25) is 0 Å². The molecule has 0 aromatic heterocycles. The number of ether oxygens (including phenoxy) is 2. The molecule has 25 heavy (non-hydrogen) atoms. The molecule has 1 fully saturated rings. The number of hydrogen-bond acceptors (Lipinski definition) is 4. The van der Waals surface area contributed by atoms with Crippen LogP contribution in [-0.4, -0.2) is 40.6 Å². The van der Waals surface area contributed by atoms with E-state index in [1.165, 1.54) is 0 Å². The van der Waals surface area contributed by atoms with Crippen LogP contribution in [0.15, 0.2) is 43.0 Å². The highest BCUT2D eigenvalue weighted by atomic mass is 16.6. The van der Waals surface area contributed by atoms with Gasteiger partial charge in [0.25, 0.3) is 0 Å². The predicted molar refractivity (Wildman–Crippen MR) is 97.1 cm³/mol. The Morgan fingerprint density at radius 3 is 2.72 bits per heavy atom. The summed E-state index contributed by atoms with van der Waals surface area (Å²) in [6, 6.07) is 9.43. The van der Waals surface area contributed by atoms with Crippen molar-refractivity contribution in [1.82, 2.24) is 4.90 Å². The molecular weight excluding hydrogens is 318 g/mol. The lowest BCUT2D eigenvalue weighted by molar-refractivity contribution is -0.0729. The van der Waals surface area contributed by atoms with E-state index in [0.29, 0.717) is 13.0 Å². The monoisotopic (exact) mass is 347 g/mol. The maximum atomic E-state index is 12.8. The summed E-state index contributed by atoms with van der Waals surface area (Å²) in [4.78, 5) is 14.3. The third-order valence-electron chi connectivity index (χ3n) is 4.06. The van der Waals surface area contributed by atoms with Crippen molar-refractivity contribution in [3.05, 3.63) is 48.6 Å². The Morgan fingerprint density at radius 1 is 1.44 bits per heavy atom. The molecule has 2 rings (SSSR count). The summed E-state index contributed by atoms with van der Waals surface area (Å²) < 4.78 is 11.4. The van der Waals surface area contributed by atoms with Crippen LogP contribution in [-0.2, 0) is 9.47 Å². The van der Waals surface area contributed by atoms with Gasteiger partial charge >= 0.3 is 6.09 Å². The van der Waals surface area contributed by atoms with Crippen LogP contribution < -0.4 is 0 Å². The average molecular weight is 347 g/mol. The number of aliphatic hydroxyl groups is 1. The maximum absolute atomic E-state index is 12.8. The number of allylic oxidation sites excluding steroid dienone is 1. The molecule has 0 bridgehead atoms. The van der Waals surface area contributed by atoms with Crippen molar-refractivity contribution in [2.24, 2.45) is 0 Å². The van der Waals surface area contributed by atoms with Crippen molar-refractivity contribution in [2.45, 2.75) is 64.0 Å². The lowest BCUT2D eigenvalue weighted by Crippen LogP contribution is -2.46. The zero-order valence-electron chi connectivity index (χ0n) is 15.4. The molecule has 1 aliphatic heterocycles. The summed E-state index contributed by atoms with van der Waals surface area (Å²) in [6.07, 6.45) is 2.04. The first kappa shape index (κ1) is 19.5. The fourth-order valence-electron chi connectivity index (χ4n) is 2.92. The van der Waals surface area contributed by atoms with Gasteiger partial charge in [0.1, 0.15) is 5.60 Å². The Morgan fingerprint density at radius 2 is 2.12 bits per heavy atom. The fourth-order valence-corrected chi connectivity index (χ4v) is 2.92. The van der Waals surface area contributed by atoms with Crippen LogP contribution in [0.3, 0.4) is 0 Å². The van der Waals surface area contributed by atoms with Crippen molar-refractivity contribution in [3.63, 3.8) is 0 Å². The van der Waals surface area contributed by atoms with E-state index >= 15 is 0 Å². The zero-order chi connectivity index (χ0) is 18.4. The SMILES string of the molecule is C=CCCC[C@H](O)[C@@H]1OC[C@H](c2ccccc2)N1C(=O)OC(C)(C)C. The predicted octanol–water partition coefficient (Wildman–Crippen LogP) is 4.04. The standard InChI is InChI=1S/C20H29NO4/c1-5-6-8-13-17(22)18-21(19(23)25-20(2,3)4)16(14-24-18)15-11-9-7-10-12-15/h5,7,9-12,16-18,22H,1,6,8,13-14H2,2-4H3/t16-,17+,18+/m1/s1. The second-order valence-electron chi connectivity index (χ2n) is 7.32. The van der Waals surface area contributed by atoms with Crippen molar-refractivity contribution >= 4 is 6.09 Å². The van der Waals surface area contributed by atoms with Crippen molar-refractivity contribution in [1.29, 1.82) is 0 Å². The van der Waals surface area contributed by atoms with E-state index in [0.717, 1.165) is 18.4 Å². The smallest absolute Gasteiger partial charge is 0.413 e. The summed E-state index contributed by atoms with van der Waals surface area (Å²) in [5.74, 6) is 0. The van der Waals surface area contributed by atoms with E-state index in [-0.39, 0.29) is 6.04 Å². The van der Waals surface area contributed by atoms with Gasteiger partial charge in [-0.05, 0) is 45.6 Å². The second kappa shape index (κ2) is 8.50. The summed E-state index contributed by atoms with van der Waals surface area (Å²) in [5, 5.41) is 10.5. The third-order valence-corrected chi connectivity index (χ3v) is 4.06. The summed E-state index contributed by atoms with van der Waals surface area (Å²) in [5.41, 5.74) is 0.355. The van der Waals surface area contributed by atoms with E-state index in [2.05, 4.69) is 6.58 Å². The van der Waals surface area contributed by atoms with Crippen LogP contribution in [0.4, 0.5) is 4.79 Å². The first-order valence-corrected chi connectivity index (χ1v) is 8.80. The zero-order valence-corrected chi connectivity index (χ0v) is 15.4. The van der Waals surface area contributed by atoms with Crippen molar-refractivity contribution in [2.75, 3.05) is 6.61 Å². The first-order valence-electron chi connectivity index (χ1n) is 8.80. The van der Waals surface area contributed by atoms with Gasteiger partial charge in [-0.15, -0.1) is 6.58 Å². The number of unbranched alkanes of at least 4 members (excludes halogenated alkanes) is 1. The van der Waals surface area contributed by atoms with Crippen LogP contribution in [0, 0.1) is 0 Å². The van der Waals surface area contributed by atoms with E-state index in [4.69, 9.17) is 9.47 Å². The molecule has 138 valence electrons. The highest BCUT2D eigenvalue weighted by Gasteiger charge is 2.44. The molecule has 1 aromatic rings. The highest BCUT2D eigenvalue weighted by Crippen LogP contribution is 2.34. The highest BCUT2D eigenvalue weighted by molar-refractivity contribution is 5.69. The van der Waals surface area contributed by atoms with E-state index in [1.54, 1.807) is 4.90 Å². The Balaban J connectivity index is 2.20. The average Bonchev–Trinajstić information content (AvgIpc) is 2.99. The van der Waals surface area contributed by atoms with E-state index in [9.17, 15) is 9.90 Å². The summed E-state index contributed by atoms with van der Waals surface area (Å²) in [6.45, 7) is 9.52. The quantitative estimate of drug-likeness (QED) is 0.623. The summed E-state index contributed by atoms with van der Waals surface area (Å²) >= 11 is 0. The molecule has 0 aliphatic carbocycles. The number of hydrogen-bond donors (Lipinski definition) is 1. The Labute approximate surface area is 150 Å². The molecule has 5 nitrogen and oxygen atoms in total. The third kappa shape index (κ3) is 5.31. The molecule has 0 unspecified atom stereocenters. The van der Waals surface area contributed by atoms with Crippen LogP contribution in [0.2, 0.25) is 0 Å². The molecule has 0 radical (unpaired) electrons. The number of aliphatic hydroxyl groups excluding tert-OH is 1. The lowest BCUT2D eigenvalue weighted by atomic mass is 10.1. The number of carbonyl (C=O) groups is 1. The minimum Gasteiger partial charge on any atom is -0.444 e. The molecule has 1 heterocycles. The molecule has 1 amide bonds. The second-order valence-corrected chi connectivity index (χ2v) is 7.32. The van der Waals surface area contributed by atoms with Crippen LogP contribution in [0.5, 0.6) is 0 Å². The Bertz CT molecular complexity index is 567. The van der Waals surface area contributed by atoms with Gasteiger partial charge in [-0.3, -0.25) is 4.90 Å². The van der Waals surface area contributed by atoms with Gasteiger partial charge in [0.15, 0.2) is 6.23 Å². The fraction of sp³-hybridized carbons (Fsp3) is 0.550. The Kier molecular flexibility index (Phi) is 6.62. The molecule has 1 saturated heterocycles. The van der Waals surface area contributed by atoms with Gasteiger partial charge in [0.05, 0.1) is 18.8 Å². The largest absolute Gasteiger partial charge is 0.444 e. The maximum Gasteiger partial charge on any atom is 0.413 e. The van der Waals surface area contributed by atoms with Crippen molar-refractivity contribution in [3.8, 4) is 0 Å². The number of amides is 1. The van der Waals surface area contributed by atoms with E-state index < -0.39 is 24.0 Å². The summed E-state index contributed by atoms with van der Waals surface area (Å²) in [7, 11) is 0. The van der Waals surface area contributed by atoms with Crippen molar-refractivity contribution < 1.29 is 19.4 Å². The van der Waals surface area contributed by atoms with Gasteiger partial charge in [-0.2, -0.15) is 0 Å².